The van der Waals surface area contributed by atoms with E-state index in [0.29, 0.717) is 18.1 Å². The molecule has 4 rings (SSSR count). The second-order valence-electron chi connectivity index (χ2n) is 8.36. The molecule has 1 aliphatic heterocycles. The van der Waals surface area contributed by atoms with Gasteiger partial charge in [-0.3, -0.25) is 4.90 Å². The average molecular weight is 407 g/mol. The summed E-state index contributed by atoms with van der Waals surface area (Å²) in [4.78, 5) is 6.02. The number of aromatic nitrogens is 1. The molecule has 0 amide bonds. The first-order valence-electron chi connectivity index (χ1n) is 10.9. The fourth-order valence-corrected chi connectivity index (χ4v) is 4.64. The summed E-state index contributed by atoms with van der Waals surface area (Å²) < 4.78 is 21.3. The predicted octanol–water partition coefficient (Wildman–Crippen LogP) is 6.17. The van der Waals surface area contributed by atoms with Crippen molar-refractivity contribution in [3.63, 3.8) is 0 Å². The number of para-hydroxylation sites is 1. The molecule has 1 aliphatic rings. The van der Waals surface area contributed by atoms with Crippen LogP contribution in [0.1, 0.15) is 48.7 Å². The van der Waals surface area contributed by atoms with Crippen LogP contribution in [0, 0.1) is 18.7 Å². The summed E-state index contributed by atoms with van der Waals surface area (Å²) in [6, 6.07) is 11.5. The van der Waals surface area contributed by atoms with E-state index < -0.39 is 0 Å². The van der Waals surface area contributed by atoms with E-state index in [4.69, 9.17) is 4.74 Å². The number of nitrogens with one attached hydrogen (secondary N) is 1. The standard InChI is InChI=1S/C26H31FN2O/c1-5-15-30-23-12-11-21(27)24(18(23)4)26-25-20(13-14-29(26)16-17(3)6-2)19-9-7-8-10-22(19)28-25/h6-12,17,26,28H,2,5,13-16H2,1,3-4H3. The molecule has 1 aromatic heterocycles. The number of aromatic amines is 1. The molecule has 0 saturated heterocycles. The molecule has 2 aromatic carbocycles. The van der Waals surface area contributed by atoms with Crippen molar-refractivity contribution in [2.75, 3.05) is 19.7 Å². The number of fused-ring (bicyclic) bond motifs is 3. The van der Waals surface area contributed by atoms with Crippen LogP contribution in [0.5, 0.6) is 5.75 Å². The predicted molar refractivity (Wildman–Crippen MR) is 122 cm³/mol. The summed E-state index contributed by atoms with van der Waals surface area (Å²) in [6.07, 6.45) is 3.85. The van der Waals surface area contributed by atoms with Crippen molar-refractivity contribution in [2.45, 2.75) is 39.7 Å². The highest BCUT2D eigenvalue weighted by Gasteiger charge is 2.35. The van der Waals surface area contributed by atoms with Gasteiger partial charge in [-0.2, -0.15) is 0 Å². The lowest BCUT2D eigenvalue weighted by Gasteiger charge is -2.38. The van der Waals surface area contributed by atoms with Crippen molar-refractivity contribution in [3.05, 3.63) is 77.3 Å². The van der Waals surface area contributed by atoms with Gasteiger partial charge in [0.05, 0.1) is 12.6 Å². The molecular weight excluding hydrogens is 375 g/mol. The van der Waals surface area contributed by atoms with E-state index in [0.717, 1.165) is 48.5 Å². The number of hydrogen-bond donors (Lipinski definition) is 1. The van der Waals surface area contributed by atoms with E-state index in [-0.39, 0.29) is 11.9 Å². The summed E-state index contributed by atoms with van der Waals surface area (Å²) >= 11 is 0. The Morgan fingerprint density at radius 1 is 1.30 bits per heavy atom. The van der Waals surface area contributed by atoms with E-state index in [1.165, 1.54) is 10.9 Å². The van der Waals surface area contributed by atoms with Crippen molar-refractivity contribution in [1.29, 1.82) is 0 Å². The number of H-pyrrole nitrogens is 1. The van der Waals surface area contributed by atoms with E-state index in [1.807, 2.05) is 19.1 Å². The lowest BCUT2D eigenvalue weighted by atomic mass is 9.88. The van der Waals surface area contributed by atoms with Crippen LogP contribution in [0.3, 0.4) is 0 Å². The second kappa shape index (κ2) is 8.65. The molecular formula is C26H31FN2O. The molecule has 0 fully saturated rings. The average Bonchev–Trinajstić information content (AvgIpc) is 3.13. The van der Waals surface area contributed by atoms with Crippen LogP contribution in [-0.2, 0) is 6.42 Å². The van der Waals surface area contributed by atoms with Crippen LogP contribution in [0.25, 0.3) is 10.9 Å². The van der Waals surface area contributed by atoms with Gasteiger partial charge in [0.2, 0.25) is 0 Å². The minimum atomic E-state index is -0.177. The Morgan fingerprint density at radius 3 is 2.87 bits per heavy atom. The summed E-state index contributed by atoms with van der Waals surface area (Å²) in [5.41, 5.74) is 5.12. The monoisotopic (exact) mass is 406 g/mol. The Balaban J connectivity index is 1.89. The van der Waals surface area contributed by atoms with Crippen molar-refractivity contribution < 1.29 is 9.13 Å². The molecule has 0 aliphatic carbocycles. The van der Waals surface area contributed by atoms with Crippen LogP contribution < -0.4 is 4.74 Å². The third-order valence-corrected chi connectivity index (χ3v) is 6.21. The minimum Gasteiger partial charge on any atom is -0.493 e. The van der Waals surface area contributed by atoms with Crippen molar-refractivity contribution in [2.24, 2.45) is 5.92 Å². The smallest absolute Gasteiger partial charge is 0.128 e. The third kappa shape index (κ3) is 3.65. The van der Waals surface area contributed by atoms with E-state index in [1.54, 1.807) is 12.1 Å². The summed E-state index contributed by atoms with van der Waals surface area (Å²) in [7, 11) is 0. The van der Waals surface area contributed by atoms with Crippen LogP contribution in [0.2, 0.25) is 0 Å². The van der Waals surface area contributed by atoms with E-state index >= 15 is 4.39 Å². The first-order valence-corrected chi connectivity index (χ1v) is 10.9. The number of hydrogen-bond acceptors (Lipinski definition) is 2. The van der Waals surface area contributed by atoms with Gasteiger partial charge in [-0.15, -0.1) is 6.58 Å². The molecule has 0 saturated carbocycles. The zero-order valence-corrected chi connectivity index (χ0v) is 18.2. The first kappa shape index (κ1) is 20.7. The summed E-state index contributed by atoms with van der Waals surface area (Å²) in [6.45, 7) is 12.5. The molecule has 0 bridgehead atoms. The lowest BCUT2D eigenvalue weighted by molar-refractivity contribution is 0.190. The zero-order valence-electron chi connectivity index (χ0n) is 18.2. The summed E-state index contributed by atoms with van der Waals surface area (Å²) in [5, 5.41) is 1.24. The number of ether oxygens (including phenoxy) is 1. The maximum Gasteiger partial charge on any atom is 0.128 e. The van der Waals surface area contributed by atoms with Gasteiger partial charge >= 0.3 is 0 Å². The van der Waals surface area contributed by atoms with Crippen LogP contribution in [-0.4, -0.2) is 29.6 Å². The highest BCUT2D eigenvalue weighted by molar-refractivity contribution is 5.85. The summed E-state index contributed by atoms with van der Waals surface area (Å²) in [5.74, 6) is 0.915. The number of halogens is 1. The SMILES string of the molecule is C=CC(C)CN1CCc2c([nH]c3ccccc23)C1c1c(F)ccc(OCCC)c1C. The topological polar surface area (TPSA) is 28.3 Å². The van der Waals surface area contributed by atoms with Crippen LogP contribution in [0.4, 0.5) is 4.39 Å². The van der Waals surface area contributed by atoms with Gasteiger partial charge in [-0.05, 0) is 55.0 Å². The Kier molecular flexibility index (Phi) is 5.96. The number of rotatable bonds is 7. The van der Waals surface area contributed by atoms with Crippen molar-refractivity contribution >= 4 is 10.9 Å². The molecule has 2 heterocycles. The molecule has 1 N–H and O–H groups in total. The molecule has 0 radical (unpaired) electrons. The Morgan fingerprint density at radius 2 is 2.10 bits per heavy atom. The highest BCUT2D eigenvalue weighted by atomic mass is 19.1. The highest BCUT2D eigenvalue weighted by Crippen LogP contribution is 2.42. The fraction of sp³-hybridized carbons (Fsp3) is 0.385. The maximum atomic E-state index is 15.4. The van der Waals surface area contributed by atoms with Gasteiger partial charge in [0.15, 0.2) is 0 Å². The Labute approximate surface area is 178 Å². The molecule has 158 valence electrons. The van der Waals surface area contributed by atoms with Gasteiger partial charge in [0.1, 0.15) is 11.6 Å². The van der Waals surface area contributed by atoms with E-state index in [9.17, 15) is 0 Å². The van der Waals surface area contributed by atoms with Crippen LogP contribution in [0.15, 0.2) is 49.1 Å². The first-order chi connectivity index (χ1) is 14.5. The van der Waals surface area contributed by atoms with Gasteiger partial charge in [0, 0.05) is 35.2 Å². The van der Waals surface area contributed by atoms with Crippen molar-refractivity contribution in [3.8, 4) is 5.75 Å². The maximum absolute atomic E-state index is 15.4. The second-order valence-corrected chi connectivity index (χ2v) is 8.36. The molecule has 3 aromatic rings. The normalized spacial score (nSPS) is 17.7. The molecule has 3 nitrogen and oxygen atoms in total. The van der Waals surface area contributed by atoms with Gasteiger partial charge in [-0.1, -0.05) is 38.1 Å². The van der Waals surface area contributed by atoms with Gasteiger partial charge in [-0.25, -0.2) is 4.39 Å². The Bertz CT molecular complexity index is 1050. The molecule has 2 unspecified atom stereocenters. The Hall–Kier alpha value is -2.59. The third-order valence-electron chi connectivity index (χ3n) is 6.21. The van der Waals surface area contributed by atoms with E-state index in [2.05, 4.69) is 48.5 Å². The molecule has 2 atom stereocenters. The molecule has 30 heavy (non-hydrogen) atoms. The quantitative estimate of drug-likeness (QED) is 0.475. The molecule has 4 heteroatoms. The number of nitrogens with zero attached hydrogens (tertiary/aromatic N) is 1. The zero-order chi connectivity index (χ0) is 21.3. The molecule has 0 spiro atoms. The van der Waals surface area contributed by atoms with Crippen molar-refractivity contribution in [1.82, 2.24) is 9.88 Å². The fourth-order valence-electron chi connectivity index (χ4n) is 4.64. The van der Waals surface area contributed by atoms with Crippen LogP contribution >= 0.6 is 0 Å². The van der Waals surface area contributed by atoms with Gasteiger partial charge < -0.3 is 9.72 Å². The minimum absolute atomic E-state index is 0.172. The number of benzene rings is 2. The largest absolute Gasteiger partial charge is 0.493 e. The van der Waals surface area contributed by atoms with Gasteiger partial charge in [0.25, 0.3) is 0 Å². The lowest BCUT2D eigenvalue weighted by Crippen LogP contribution is -2.39.